The third-order valence-corrected chi connectivity index (χ3v) is 2.85. The van der Waals surface area contributed by atoms with Crippen LogP contribution in [0.15, 0.2) is 12.5 Å². The summed E-state index contributed by atoms with van der Waals surface area (Å²) < 4.78 is 0. The number of H-pyrrole nitrogens is 1. The number of piperidine rings is 1. The molecule has 1 atom stereocenters. The Morgan fingerprint density at radius 2 is 2.60 bits per heavy atom. The van der Waals surface area contributed by atoms with E-state index >= 15 is 0 Å². The molecule has 0 radical (unpaired) electrons. The van der Waals surface area contributed by atoms with Crippen molar-refractivity contribution in [1.82, 2.24) is 20.2 Å². The minimum atomic E-state index is 0.0486. The summed E-state index contributed by atoms with van der Waals surface area (Å²) in [7, 11) is 1.94. The van der Waals surface area contributed by atoms with Crippen molar-refractivity contribution in [2.24, 2.45) is 0 Å². The summed E-state index contributed by atoms with van der Waals surface area (Å²) in [5, 5.41) is 3.21. The highest BCUT2D eigenvalue weighted by molar-refractivity contribution is 5.92. The monoisotopic (exact) mass is 208 g/mol. The van der Waals surface area contributed by atoms with Crippen LogP contribution in [0, 0.1) is 0 Å². The largest absolute Gasteiger partial charge is 0.341 e. The molecule has 1 fully saturated rings. The molecule has 2 heterocycles. The Hall–Kier alpha value is -1.36. The van der Waals surface area contributed by atoms with Gasteiger partial charge in [-0.15, -0.1) is 0 Å². The van der Waals surface area contributed by atoms with Crippen LogP contribution in [0.2, 0.25) is 0 Å². The molecule has 0 saturated carbocycles. The molecule has 15 heavy (non-hydrogen) atoms. The molecule has 0 aliphatic carbocycles. The summed E-state index contributed by atoms with van der Waals surface area (Å²) in [6.07, 6.45) is 5.31. The van der Waals surface area contributed by atoms with Crippen LogP contribution >= 0.6 is 0 Å². The summed E-state index contributed by atoms with van der Waals surface area (Å²) in [6, 6.07) is 0.422. The van der Waals surface area contributed by atoms with Crippen molar-refractivity contribution in [2.75, 3.05) is 20.1 Å². The summed E-state index contributed by atoms with van der Waals surface area (Å²) in [6.45, 7) is 1.63. The average Bonchev–Trinajstić information content (AvgIpc) is 2.81. The molecule has 5 heteroatoms. The van der Waals surface area contributed by atoms with Crippen LogP contribution in [0.25, 0.3) is 0 Å². The van der Waals surface area contributed by atoms with Gasteiger partial charge in [-0.25, -0.2) is 4.98 Å². The van der Waals surface area contributed by atoms with E-state index in [4.69, 9.17) is 0 Å². The van der Waals surface area contributed by atoms with Crippen LogP contribution in [-0.4, -0.2) is 47.0 Å². The average molecular weight is 208 g/mol. The molecule has 1 saturated heterocycles. The molecule has 0 aromatic carbocycles. The molecule has 1 aliphatic rings. The zero-order chi connectivity index (χ0) is 10.7. The number of carbonyl (C=O) groups is 1. The molecule has 5 nitrogen and oxygen atoms in total. The van der Waals surface area contributed by atoms with E-state index in [1.54, 1.807) is 6.20 Å². The molecule has 1 aromatic heterocycles. The summed E-state index contributed by atoms with van der Waals surface area (Å²) in [4.78, 5) is 20.5. The summed E-state index contributed by atoms with van der Waals surface area (Å²) in [5.74, 6) is 0.0486. The van der Waals surface area contributed by atoms with Crippen LogP contribution in [0.5, 0.6) is 0 Å². The van der Waals surface area contributed by atoms with E-state index in [-0.39, 0.29) is 5.91 Å². The van der Waals surface area contributed by atoms with Gasteiger partial charge in [0.1, 0.15) is 5.69 Å². The Labute approximate surface area is 88.9 Å². The number of aromatic nitrogens is 2. The van der Waals surface area contributed by atoms with Gasteiger partial charge in [-0.05, 0) is 19.9 Å². The topological polar surface area (TPSA) is 61.0 Å². The van der Waals surface area contributed by atoms with Crippen LogP contribution in [0.4, 0.5) is 0 Å². The molecule has 1 aromatic rings. The van der Waals surface area contributed by atoms with E-state index in [0.717, 1.165) is 25.9 Å². The van der Waals surface area contributed by atoms with E-state index < -0.39 is 0 Å². The van der Waals surface area contributed by atoms with E-state index in [1.165, 1.54) is 6.33 Å². The minimum absolute atomic E-state index is 0.0486. The number of likely N-dealkylation sites (tertiary alicyclic amines) is 1. The number of carbonyl (C=O) groups excluding carboxylic acids is 1. The van der Waals surface area contributed by atoms with Gasteiger partial charge in [-0.2, -0.15) is 0 Å². The van der Waals surface area contributed by atoms with Gasteiger partial charge >= 0.3 is 0 Å². The third-order valence-electron chi connectivity index (χ3n) is 2.85. The number of amides is 1. The van der Waals surface area contributed by atoms with Gasteiger partial charge in [0.25, 0.3) is 5.91 Å². The van der Waals surface area contributed by atoms with Gasteiger partial charge < -0.3 is 15.2 Å². The lowest BCUT2D eigenvalue weighted by Crippen LogP contribution is -2.47. The lowest BCUT2D eigenvalue weighted by atomic mass is 10.1. The van der Waals surface area contributed by atoms with E-state index in [0.29, 0.717) is 11.7 Å². The molecule has 1 amide bonds. The van der Waals surface area contributed by atoms with E-state index in [1.807, 2.05) is 11.9 Å². The number of likely N-dealkylation sites (N-methyl/N-ethyl adjacent to an activating group) is 1. The van der Waals surface area contributed by atoms with Gasteiger partial charge in [0.05, 0.1) is 12.5 Å². The Bertz CT molecular complexity index is 322. The fourth-order valence-electron chi connectivity index (χ4n) is 1.94. The maximum absolute atomic E-state index is 11.9. The second kappa shape index (κ2) is 4.44. The zero-order valence-corrected chi connectivity index (χ0v) is 8.86. The van der Waals surface area contributed by atoms with Crippen molar-refractivity contribution in [3.8, 4) is 0 Å². The zero-order valence-electron chi connectivity index (χ0n) is 8.86. The number of hydrogen-bond acceptors (Lipinski definition) is 3. The maximum Gasteiger partial charge on any atom is 0.271 e. The quantitative estimate of drug-likeness (QED) is 0.731. The number of hydrogen-bond donors (Lipinski definition) is 2. The van der Waals surface area contributed by atoms with Crippen molar-refractivity contribution >= 4 is 5.91 Å². The normalized spacial score (nSPS) is 21.7. The van der Waals surface area contributed by atoms with Crippen LogP contribution in [-0.2, 0) is 0 Å². The van der Waals surface area contributed by atoms with Crippen molar-refractivity contribution in [3.63, 3.8) is 0 Å². The number of aromatic amines is 1. The predicted molar refractivity (Wildman–Crippen MR) is 56.6 cm³/mol. The number of rotatable bonds is 2. The Morgan fingerprint density at radius 3 is 3.27 bits per heavy atom. The van der Waals surface area contributed by atoms with E-state index in [9.17, 15) is 4.79 Å². The second-order valence-electron chi connectivity index (χ2n) is 3.84. The molecular weight excluding hydrogens is 192 g/mol. The molecule has 82 valence electrons. The molecule has 1 unspecified atom stereocenters. The highest BCUT2D eigenvalue weighted by Crippen LogP contribution is 2.12. The lowest BCUT2D eigenvalue weighted by Gasteiger charge is -2.32. The van der Waals surface area contributed by atoms with Crippen molar-refractivity contribution in [2.45, 2.75) is 18.9 Å². The van der Waals surface area contributed by atoms with Gasteiger partial charge in [0, 0.05) is 19.1 Å². The summed E-state index contributed by atoms with van der Waals surface area (Å²) in [5.41, 5.74) is 0.576. The maximum atomic E-state index is 11.9. The van der Waals surface area contributed by atoms with Crippen molar-refractivity contribution < 1.29 is 4.79 Å². The lowest BCUT2D eigenvalue weighted by molar-refractivity contribution is 0.0693. The fraction of sp³-hybridized carbons (Fsp3) is 0.600. The number of imidazole rings is 1. The first-order valence-electron chi connectivity index (χ1n) is 5.26. The van der Waals surface area contributed by atoms with Crippen LogP contribution in [0.1, 0.15) is 23.3 Å². The summed E-state index contributed by atoms with van der Waals surface area (Å²) >= 11 is 0. The van der Waals surface area contributed by atoms with Crippen LogP contribution < -0.4 is 5.32 Å². The standard InChI is InChI=1S/C10H16N4O/c1-11-8-3-2-4-14(6-8)10(15)9-5-12-7-13-9/h5,7-8,11H,2-4,6H2,1H3,(H,12,13). The Kier molecular flexibility index (Phi) is 3.01. The smallest absolute Gasteiger partial charge is 0.271 e. The highest BCUT2D eigenvalue weighted by Gasteiger charge is 2.23. The minimum Gasteiger partial charge on any atom is -0.341 e. The number of nitrogens with zero attached hydrogens (tertiary/aromatic N) is 2. The highest BCUT2D eigenvalue weighted by atomic mass is 16.2. The predicted octanol–water partition coefficient (Wildman–Crippen LogP) is 0.234. The second-order valence-corrected chi connectivity index (χ2v) is 3.84. The number of nitrogens with one attached hydrogen (secondary N) is 2. The first kappa shape index (κ1) is 10.2. The molecule has 2 N–H and O–H groups in total. The van der Waals surface area contributed by atoms with Crippen molar-refractivity contribution in [3.05, 3.63) is 18.2 Å². The van der Waals surface area contributed by atoms with Gasteiger partial charge in [0.15, 0.2) is 0 Å². The molecule has 1 aliphatic heterocycles. The third kappa shape index (κ3) is 2.18. The molecule has 0 spiro atoms. The first-order valence-corrected chi connectivity index (χ1v) is 5.26. The van der Waals surface area contributed by atoms with Crippen LogP contribution in [0.3, 0.4) is 0 Å². The van der Waals surface area contributed by atoms with Gasteiger partial charge in [-0.1, -0.05) is 0 Å². The van der Waals surface area contributed by atoms with Gasteiger partial charge in [0.2, 0.25) is 0 Å². The molecule has 2 rings (SSSR count). The molecular formula is C10H16N4O. The fourth-order valence-corrected chi connectivity index (χ4v) is 1.94. The van der Waals surface area contributed by atoms with Crippen molar-refractivity contribution in [1.29, 1.82) is 0 Å². The van der Waals surface area contributed by atoms with E-state index in [2.05, 4.69) is 15.3 Å². The first-order chi connectivity index (χ1) is 7.31. The molecule has 0 bridgehead atoms. The Morgan fingerprint density at radius 1 is 1.73 bits per heavy atom. The Balaban J connectivity index is 2.01. The SMILES string of the molecule is CNC1CCCN(C(=O)c2cnc[nH]2)C1. The van der Waals surface area contributed by atoms with Gasteiger partial charge in [-0.3, -0.25) is 4.79 Å².